The van der Waals surface area contributed by atoms with Crippen LogP contribution in [0.3, 0.4) is 0 Å². The van der Waals surface area contributed by atoms with E-state index in [1.165, 1.54) is 0 Å². The van der Waals surface area contributed by atoms with E-state index in [0.29, 0.717) is 6.10 Å². The molecule has 0 spiro atoms. The average Bonchev–Trinajstić information content (AvgIpc) is 3.00. The molecule has 4 heteroatoms. The highest BCUT2D eigenvalue weighted by molar-refractivity contribution is 5.41. The van der Waals surface area contributed by atoms with E-state index in [0.717, 1.165) is 62.9 Å². The van der Waals surface area contributed by atoms with Crippen molar-refractivity contribution >= 4 is 6.08 Å². The van der Waals surface area contributed by atoms with E-state index in [4.69, 9.17) is 4.74 Å². The summed E-state index contributed by atoms with van der Waals surface area (Å²) in [5.74, 6) is 0.902. The molecule has 0 N–H and O–H groups in total. The van der Waals surface area contributed by atoms with Crippen LogP contribution in [0.4, 0.5) is 0 Å². The third-order valence-electron chi connectivity index (χ3n) is 5.03. The number of aliphatic imine (C=N–C) groups is 1. The normalized spacial score (nSPS) is 22.2. The number of nitrogens with zero attached hydrogens (tertiary/aromatic N) is 2. The lowest BCUT2D eigenvalue weighted by Crippen LogP contribution is -2.35. The van der Waals surface area contributed by atoms with Gasteiger partial charge in [-0.2, -0.15) is 4.99 Å². The maximum Gasteiger partial charge on any atom is 0.235 e. The van der Waals surface area contributed by atoms with Gasteiger partial charge in [-0.3, -0.25) is 0 Å². The molecule has 0 atom stereocenters. The number of piperidine rings is 1. The molecule has 0 bridgehead atoms. The summed E-state index contributed by atoms with van der Waals surface area (Å²) in [7, 11) is 2.15. The number of hydrogen-bond acceptors (Lipinski definition) is 4. The molecule has 1 saturated heterocycles. The van der Waals surface area contributed by atoms with Gasteiger partial charge in [0.15, 0.2) is 0 Å². The first-order valence-corrected chi connectivity index (χ1v) is 8.27. The predicted octanol–water partition coefficient (Wildman–Crippen LogP) is 3.26. The van der Waals surface area contributed by atoms with Gasteiger partial charge >= 0.3 is 0 Å². The van der Waals surface area contributed by atoms with Gasteiger partial charge in [0.1, 0.15) is 11.9 Å². The van der Waals surface area contributed by atoms with Gasteiger partial charge in [-0.25, -0.2) is 4.79 Å². The lowest BCUT2D eigenvalue weighted by molar-refractivity contribution is 0.114. The Morgan fingerprint density at radius 3 is 2.68 bits per heavy atom. The summed E-state index contributed by atoms with van der Waals surface area (Å²) in [6.45, 7) is 2.17. The van der Waals surface area contributed by atoms with Crippen LogP contribution in [0.5, 0.6) is 5.75 Å². The van der Waals surface area contributed by atoms with Gasteiger partial charge in [0.05, 0.1) is 5.54 Å². The van der Waals surface area contributed by atoms with E-state index in [1.807, 2.05) is 12.1 Å². The van der Waals surface area contributed by atoms with Crippen molar-refractivity contribution in [3.05, 3.63) is 29.8 Å². The van der Waals surface area contributed by atoms with Crippen molar-refractivity contribution in [1.29, 1.82) is 0 Å². The van der Waals surface area contributed by atoms with E-state index >= 15 is 0 Å². The number of hydrogen-bond donors (Lipinski definition) is 0. The zero-order chi connectivity index (χ0) is 15.4. The van der Waals surface area contributed by atoms with Crippen molar-refractivity contribution in [2.24, 2.45) is 4.99 Å². The second-order valence-electron chi connectivity index (χ2n) is 6.59. The number of rotatable bonds is 4. The van der Waals surface area contributed by atoms with Crippen molar-refractivity contribution in [3.63, 3.8) is 0 Å². The summed E-state index contributed by atoms with van der Waals surface area (Å²) in [4.78, 5) is 17.3. The predicted molar refractivity (Wildman–Crippen MR) is 85.9 cm³/mol. The van der Waals surface area contributed by atoms with Crippen LogP contribution in [-0.2, 0) is 10.3 Å². The van der Waals surface area contributed by atoms with Gasteiger partial charge in [-0.05, 0) is 50.4 Å². The lowest BCUT2D eigenvalue weighted by atomic mass is 9.89. The molecule has 118 valence electrons. The number of benzene rings is 1. The Bertz CT molecular complexity index is 552. The van der Waals surface area contributed by atoms with E-state index in [-0.39, 0.29) is 5.54 Å². The van der Waals surface area contributed by atoms with Crippen LogP contribution in [0, 0.1) is 0 Å². The van der Waals surface area contributed by atoms with Gasteiger partial charge in [0.25, 0.3) is 0 Å². The van der Waals surface area contributed by atoms with E-state index in [9.17, 15) is 4.79 Å². The minimum Gasteiger partial charge on any atom is -0.490 e. The van der Waals surface area contributed by atoms with Crippen molar-refractivity contribution in [3.8, 4) is 5.75 Å². The van der Waals surface area contributed by atoms with Gasteiger partial charge in [-0.15, -0.1) is 0 Å². The molecule has 1 aromatic rings. The Morgan fingerprint density at radius 2 is 2.00 bits per heavy atom. The highest BCUT2D eigenvalue weighted by atomic mass is 16.5. The molecule has 3 rings (SSSR count). The van der Waals surface area contributed by atoms with Crippen LogP contribution in [0.2, 0.25) is 0 Å². The Balaban J connectivity index is 1.76. The molecule has 2 fully saturated rings. The fourth-order valence-corrected chi connectivity index (χ4v) is 3.67. The van der Waals surface area contributed by atoms with Gasteiger partial charge in [0, 0.05) is 13.1 Å². The number of isocyanates is 1. The third-order valence-corrected chi connectivity index (χ3v) is 5.03. The topological polar surface area (TPSA) is 41.9 Å². The van der Waals surface area contributed by atoms with Crippen molar-refractivity contribution in [2.75, 3.05) is 20.1 Å². The maximum atomic E-state index is 10.8. The number of carbonyl (C=O) groups excluding carboxylic acids is 1. The van der Waals surface area contributed by atoms with Gasteiger partial charge in [0.2, 0.25) is 6.08 Å². The molecule has 1 heterocycles. The zero-order valence-electron chi connectivity index (χ0n) is 13.3. The minimum absolute atomic E-state index is 0.292. The van der Waals surface area contributed by atoms with Crippen molar-refractivity contribution in [2.45, 2.75) is 50.2 Å². The quantitative estimate of drug-likeness (QED) is 0.633. The molecular formula is C18H24N2O2. The van der Waals surface area contributed by atoms with Crippen LogP contribution in [0.1, 0.15) is 44.1 Å². The monoisotopic (exact) mass is 300 g/mol. The second-order valence-corrected chi connectivity index (χ2v) is 6.59. The van der Waals surface area contributed by atoms with Gasteiger partial charge in [-0.1, -0.05) is 25.0 Å². The van der Waals surface area contributed by atoms with E-state index < -0.39 is 0 Å². The molecule has 1 aliphatic heterocycles. The summed E-state index contributed by atoms with van der Waals surface area (Å²) in [6.07, 6.45) is 8.30. The summed E-state index contributed by atoms with van der Waals surface area (Å²) in [5.41, 5.74) is 0.729. The fourth-order valence-electron chi connectivity index (χ4n) is 3.67. The highest BCUT2D eigenvalue weighted by Crippen LogP contribution is 2.43. The minimum atomic E-state index is -0.367. The van der Waals surface area contributed by atoms with Crippen LogP contribution in [0.25, 0.3) is 0 Å². The Morgan fingerprint density at radius 1 is 1.27 bits per heavy atom. The molecule has 0 radical (unpaired) electrons. The summed E-state index contributed by atoms with van der Waals surface area (Å²) < 4.78 is 6.16. The summed E-state index contributed by atoms with van der Waals surface area (Å²) in [6, 6.07) is 8.16. The Labute approximate surface area is 132 Å². The first-order valence-electron chi connectivity index (χ1n) is 8.27. The molecule has 0 amide bonds. The SMILES string of the molecule is CN1CCC(Oc2cccc(C3(N=C=O)CCCC3)c2)CC1. The first kappa shape index (κ1) is 15.3. The second kappa shape index (κ2) is 6.64. The third kappa shape index (κ3) is 3.23. The zero-order valence-corrected chi connectivity index (χ0v) is 13.3. The van der Waals surface area contributed by atoms with Crippen LogP contribution in [0.15, 0.2) is 29.3 Å². The highest BCUT2D eigenvalue weighted by Gasteiger charge is 2.35. The Kier molecular flexibility index (Phi) is 4.60. The van der Waals surface area contributed by atoms with Crippen LogP contribution >= 0.6 is 0 Å². The fraction of sp³-hybridized carbons (Fsp3) is 0.611. The maximum absolute atomic E-state index is 10.8. The smallest absolute Gasteiger partial charge is 0.235 e. The first-order chi connectivity index (χ1) is 10.7. The van der Waals surface area contributed by atoms with Crippen LogP contribution in [-0.4, -0.2) is 37.2 Å². The lowest BCUT2D eigenvalue weighted by Gasteiger charge is -2.30. The van der Waals surface area contributed by atoms with Crippen LogP contribution < -0.4 is 4.74 Å². The van der Waals surface area contributed by atoms with E-state index in [2.05, 4.69) is 29.1 Å². The van der Waals surface area contributed by atoms with Crippen molar-refractivity contribution in [1.82, 2.24) is 4.90 Å². The molecule has 1 aromatic carbocycles. The average molecular weight is 300 g/mol. The van der Waals surface area contributed by atoms with E-state index in [1.54, 1.807) is 6.08 Å². The summed E-state index contributed by atoms with van der Waals surface area (Å²) in [5, 5.41) is 0. The van der Waals surface area contributed by atoms with Crippen molar-refractivity contribution < 1.29 is 9.53 Å². The molecule has 2 aliphatic rings. The Hall–Kier alpha value is -1.64. The number of ether oxygens (including phenoxy) is 1. The molecular weight excluding hydrogens is 276 g/mol. The van der Waals surface area contributed by atoms with Gasteiger partial charge < -0.3 is 9.64 Å². The standard InChI is InChI=1S/C18H24N2O2/c1-20-11-7-16(8-12-20)22-17-6-4-5-15(13-17)18(19-14-21)9-2-3-10-18/h4-6,13,16H,2-3,7-12H2,1H3. The molecule has 4 nitrogen and oxygen atoms in total. The molecule has 0 aromatic heterocycles. The molecule has 0 unspecified atom stereocenters. The number of likely N-dealkylation sites (tertiary alicyclic amines) is 1. The molecule has 1 saturated carbocycles. The molecule has 22 heavy (non-hydrogen) atoms. The largest absolute Gasteiger partial charge is 0.490 e. The summed E-state index contributed by atoms with van der Waals surface area (Å²) >= 11 is 0. The molecule has 1 aliphatic carbocycles.